The summed E-state index contributed by atoms with van der Waals surface area (Å²) in [4.78, 5) is 2.28. The molecule has 0 radical (unpaired) electrons. The molecule has 1 N–H and O–H groups in total. The van der Waals surface area contributed by atoms with Crippen molar-refractivity contribution in [1.29, 1.82) is 0 Å². The number of thiocarbonyl (C=S) groups is 1. The number of nitrogens with one attached hydrogen (secondary N) is 1. The van der Waals surface area contributed by atoms with Gasteiger partial charge >= 0.3 is 0 Å². The molecule has 106 valence electrons. The number of rotatable bonds is 2. The van der Waals surface area contributed by atoms with E-state index in [4.69, 9.17) is 12.2 Å². The van der Waals surface area contributed by atoms with Crippen LogP contribution in [-0.2, 0) is 0 Å². The van der Waals surface area contributed by atoms with E-state index in [1.54, 1.807) is 12.4 Å². The second-order valence-corrected chi connectivity index (χ2v) is 6.00. The molecule has 2 bridgehead atoms. The van der Waals surface area contributed by atoms with Gasteiger partial charge in [-0.1, -0.05) is 0 Å². The zero-order chi connectivity index (χ0) is 13.8. The fraction of sp³-hybridized carbons (Fsp3) is 0.571. The highest BCUT2D eigenvalue weighted by molar-refractivity contribution is 7.80. The molecule has 2 saturated heterocycles. The fourth-order valence-electron chi connectivity index (χ4n) is 3.07. The van der Waals surface area contributed by atoms with Crippen molar-refractivity contribution in [1.82, 2.24) is 20.5 Å². The monoisotopic (exact) mass is 289 g/mol. The molecule has 3 heterocycles. The first kappa shape index (κ1) is 13.4. The summed E-state index contributed by atoms with van der Waals surface area (Å²) in [6.07, 6.45) is 8.70. The van der Waals surface area contributed by atoms with Crippen molar-refractivity contribution in [3.05, 3.63) is 24.0 Å². The van der Waals surface area contributed by atoms with Crippen molar-refractivity contribution >= 4 is 23.5 Å². The van der Waals surface area contributed by atoms with Gasteiger partial charge in [-0.05, 0) is 61.9 Å². The Morgan fingerprint density at radius 3 is 2.60 bits per heavy atom. The highest BCUT2D eigenvalue weighted by atomic mass is 32.1. The van der Waals surface area contributed by atoms with Crippen molar-refractivity contribution in [2.24, 2.45) is 16.9 Å². The average molecular weight is 289 g/mol. The zero-order valence-corrected chi connectivity index (χ0v) is 12.2. The maximum atomic E-state index is 5.45. The van der Waals surface area contributed by atoms with E-state index in [9.17, 15) is 0 Å². The highest BCUT2D eigenvalue weighted by Gasteiger charge is 2.30. The van der Waals surface area contributed by atoms with Crippen LogP contribution in [-0.4, -0.2) is 39.5 Å². The van der Waals surface area contributed by atoms with E-state index in [0.717, 1.165) is 35.7 Å². The predicted molar refractivity (Wildman–Crippen MR) is 82.4 cm³/mol. The summed E-state index contributed by atoms with van der Waals surface area (Å²) < 4.78 is 0. The van der Waals surface area contributed by atoms with Crippen molar-refractivity contribution in [2.45, 2.75) is 25.7 Å². The lowest BCUT2D eigenvalue weighted by atomic mass is 9.84. The minimum Gasteiger partial charge on any atom is -0.347 e. The Hall–Kier alpha value is -1.56. The molecule has 0 atom stereocenters. The standard InChI is InChI=1S/C14H19N5S/c20-14(18-16-8-13-2-1-7-15-17-13)19-9-11-3-4-12(10-19)6-5-11/h1-2,7-8,11-12H,3-6,9-10H2,(H,18,20). The molecule has 2 aliphatic heterocycles. The summed E-state index contributed by atoms with van der Waals surface area (Å²) in [6.45, 7) is 2.14. The normalized spacial score (nSPS) is 25.7. The van der Waals surface area contributed by atoms with Crippen LogP contribution in [0.15, 0.2) is 23.4 Å². The number of aromatic nitrogens is 2. The SMILES string of the molecule is S=C(NN=Cc1cccnn1)N1CC2CCC(CC2)C1. The van der Waals surface area contributed by atoms with E-state index >= 15 is 0 Å². The van der Waals surface area contributed by atoms with Crippen LogP contribution in [0.2, 0.25) is 0 Å². The van der Waals surface area contributed by atoms with Gasteiger partial charge in [0.1, 0.15) is 5.69 Å². The summed E-state index contributed by atoms with van der Waals surface area (Å²) in [7, 11) is 0. The Balaban J connectivity index is 1.55. The lowest BCUT2D eigenvalue weighted by Crippen LogP contribution is -2.40. The van der Waals surface area contributed by atoms with Crippen LogP contribution in [0.5, 0.6) is 0 Å². The maximum absolute atomic E-state index is 5.45. The topological polar surface area (TPSA) is 53.4 Å². The van der Waals surface area contributed by atoms with E-state index in [2.05, 4.69) is 25.6 Å². The molecule has 0 unspecified atom stereocenters. The lowest BCUT2D eigenvalue weighted by molar-refractivity contribution is 0.326. The fourth-order valence-corrected chi connectivity index (χ4v) is 3.27. The van der Waals surface area contributed by atoms with Gasteiger partial charge in [-0.25, -0.2) is 0 Å². The number of hydrogen-bond donors (Lipinski definition) is 1. The van der Waals surface area contributed by atoms with Gasteiger partial charge in [0.05, 0.1) is 6.21 Å². The van der Waals surface area contributed by atoms with E-state index in [0.29, 0.717) is 0 Å². The molecule has 3 aliphatic rings. The van der Waals surface area contributed by atoms with E-state index in [1.807, 2.05) is 12.1 Å². The number of fused-ring (bicyclic) bond motifs is 4. The van der Waals surface area contributed by atoms with E-state index in [-0.39, 0.29) is 0 Å². The van der Waals surface area contributed by atoms with Crippen LogP contribution in [0.25, 0.3) is 0 Å². The Morgan fingerprint density at radius 1 is 1.30 bits per heavy atom. The van der Waals surface area contributed by atoms with Gasteiger partial charge in [-0.3, -0.25) is 5.43 Å². The van der Waals surface area contributed by atoms with Crippen LogP contribution >= 0.6 is 12.2 Å². The third-order valence-corrected chi connectivity index (χ3v) is 4.51. The quantitative estimate of drug-likeness (QED) is 0.511. The molecule has 1 aliphatic carbocycles. The Morgan fingerprint density at radius 2 is 2.00 bits per heavy atom. The number of nitrogens with zero attached hydrogens (tertiary/aromatic N) is 4. The lowest BCUT2D eigenvalue weighted by Gasteiger charge is -2.24. The third kappa shape index (κ3) is 3.30. The Labute approximate surface area is 124 Å². The predicted octanol–water partition coefficient (Wildman–Crippen LogP) is 1.81. The average Bonchev–Trinajstić information content (AvgIpc) is 2.82. The molecule has 1 saturated carbocycles. The molecule has 0 amide bonds. The van der Waals surface area contributed by atoms with Gasteiger partial charge in [0.15, 0.2) is 5.11 Å². The van der Waals surface area contributed by atoms with Gasteiger partial charge in [-0.2, -0.15) is 10.2 Å². The largest absolute Gasteiger partial charge is 0.347 e. The summed E-state index contributed by atoms with van der Waals surface area (Å²) in [6, 6.07) is 3.69. The molecule has 4 rings (SSSR count). The third-order valence-electron chi connectivity index (χ3n) is 4.16. The smallest absolute Gasteiger partial charge is 0.189 e. The number of hydrazone groups is 1. The Kier molecular flexibility index (Phi) is 4.20. The molecule has 20 heavy (non-hydrogen) atoms. The summed E-state index contributed by atoms with van der Waals surface area (Å²) >= 11 is 5.45. The molecule has 5 nitrogen and oxygen atoms in total. The zero-order valence-electron chi connectivity index (χ0n) is 11.4. The van der Waals surface area contributed by atoms with Crippen LogP contribution in [0.3, 0.4) is 0 Å². The van der Waals surface area contributed by atoms with Crippen molar-refractivity contribution < 1.29 is 0 Å². The second-order valence-electron chi connectivity index (χ2n) is 5.62. The molecule has 0 aromatic carbocycles. The summed E-state index contributed by atoms with van der Waals surface area (Å²) in [5.41, 5.74) is 3.68. The van der Waals surface area contributed by atoms with Gasteiger partial charge < -0.3 is 4.90 Å². The van der Waals surface area contributed by atoms with Gasteiger partial charge in [-0.15, -0.1) is 5.10 Å². The molecule has 0 spiro atoms. The molecular formula is C14H19N5S. The first-order valence-corrected chi connectivity index (χ1v) is 7.58. The van der Waals surface area contributed by atoms with Crippen LogP contribution in [0.4, 0.5) is 0 Å². The minimum absolute atomic E-state index is 0.721. The number of hydrogen-bond acceptors (Lipinski definition) is 4. The maximum Gasteiger partial charge on any atom is 0.189 e. The molecular weight excluding hydrogens is 270 g/mol. The van der Waals surface area contributed by atoms with Crippen molar-refractivity contribution in [3.63, 3.8) is 0 Å². The molecule has 1 aromatic heterocycles. The van der Waals surface area contributed by atoms with Gasteiger partial charge in [0.2, 0.25) is 0 Å². The van der Waals surface area contributed by atoms with Crippen LogP contribution < -0.4 is 5.43 Å². The van der Waals surface area contributed by atoms with Crippen molar-refractivity contribution in [3.8, 4) is 0 Å². The van der Waals surface area contributed by atoms with Gasteiger partial charge in [0.25, 0.3) is 0 Å². The van der Waals surface area contributed by atoms with Crippen molar-refractivity contribution in [2.75, 3.05) is 13.1 Å². The molecule has 6 heteroatoms. The molecule has 1 aromatic rings. The summed E-state index contributed by atoms with van der Waals surface area (Å²) in [5.74, 6) is 1.61. The first-order chi connectivity index (χ1) is 9.81. The van der Waals surface area contributed by atoms with Gasteiger partial charge in [0, 0.05) is 19.3 Å². The highest BCUT2D eigenvalue weighted by Crippen LogP contribution is 2.33. The van der Waals surface area contributed by atoms with Crippen LogP contribution in [0.1, 0.15) is 31.4 Å². The van der Waals surface area contributed by atoms with E-state index < -0.39 is 0 Å². The summed E-state index contributed by atoms with van der Waals surface area (Å²) in [5, 5.41) is 12.6. The molecule has 3 fully saturated rings. The minimum atomic E-state index is 0.721. The van der Waals surface area contributed by atoms with Crippen LogP contribution in [0, 0.1) is 11.8 Å². The Bertz CT molecular complexity index is 468. The first-order valence-electron chi connectivity index (χ1n) is 7.17. The second kappa shape index (κ2) is 6.26. The van der Waals surface area contributed by atoms with E-state index in [1.165, 1.54) is 25.7 Å².